The summed E-state index contributed by atoms with van der Waals surface area (Å²) in [5, 5.41) is 4.11. The largest absolute Gasteiger partial charge is 0.399 e. The molecule has 104 valence electrons. The molecule has 0 spiro atoms. The molecular formula is C15H18N4O. The Morgan fingerprint density at radius 1 is 1.35 bits per heavy atom. The van der Waals surface area contributed by atoms with E-state index in [1.54, 1.807) is 29.0 Å². The fraction of sp³-hybridized carbons (Fsp3) is 0.267. The Hall–Kier alpha value is -2.43. The highest BCUT2D eigenvalue weighted by Crippen LogP contribution is 2.09. The van der Waals surface area contributed by atoms with Crippen molar-refractivity contribution in [2.45, 2.75) is 26.3 Å². The van der Waals surface area contributed by atoms with Crippen molar-refractivity contribution in [2.75, 3.05) is 5.73 Å². The normalized spacial score (nSPS) is 11.3. The van der Waals surface area contributed by atoms with E-state index in [2.05, 4.69) is 10.1 Å². The van der Waals surface area contributed by atoms with Gasteiger partial charge in [0.2, 0.25) is 0 Å². The number of allylic oxidation sites excluding steroid dienone is 1. The van der Waals surface area contributed by atoms with E-state index in [1.165, 1.54) is 6.33 Å². The maximum Gasteiger partial charge on any atom is 0.163 e. The van der Waals surface area contributed by atoms with Gasteiger partial charge < -0.3 is 5.73 Å². The van der Waals surface area contributed by atoms with Gasteiger partial charge in [0.05, 0.1) is 6.42 Å². The monoisotopic (exact) mass is 270 g/mol. The van der Waals surface area contributed by atoms with Crippen LogP contribution < -0.4 is 5.73 Å². The van der Waals surface area contributed by atoms with Crippen molar-refractivity contribution in [2.24, 2.45) is 0 Å². The van der Waals surface area contributed by atoms with Gasteiger partial charge in [-0.2, -0.15) is 5.10 Å². The number of nitrogens with zero attached hydrogens (tertiary/aromatic N) is 3. The quantitative estimate of drug-likeness (QED) is 0.668. The van der Waals surface area contributed by atoms with Crippen LogP contribution in [0.4, 0.5) is 5.69 Å². The minimum atomic E-state index is -0.00303. The molecular weight excluding hydrogens is 252 g/mol. The van der Waals surface area contributed by atoms with Crippen LogP contribution in [0.25, 0.3) is 6.08 Å². The van der Waals surface area contributed by atoms with E-state index in [4.69, 9.17) is 5.73 Å². The third-order valence-electron chi connectivity index (χ3n) is 2.87. The molecule has 2 rings (SSSR count). The number of nitrogens with two attached hydrogens (primary N) is 1. The Balaban J connectivity index is 2.02. The van der Waals surface area contributed by atoms with Crippen LogP contribution in [-0.2, 0) is 11.2 Å². The van der Waals surface area contributed by atoms with Crippen LogP contribution in [-0.4, -0.2) is 20.5 Å². The minimum absolute atomic E-state index is 0.00303. The first-order valence-corrected chi connectivity index (χ1v) is 6.51. The zero-order valence-corrected chi connectivity index (χ0v) is 11.7. The molecule has 20 heavy (non-hydrogen) atoms. The molecule has 0 aliphatic carbocycles. The summed E-state index contributed by atoms with van der Waals surface area (Å²) in [6.45, 7) is 4.01. The Kier molecular flexibility index (Phi) is 4.30. The highest BCUT2D eigenvalue weighted by atomic mass is 16.1. The Morgan fingerprint density at radius 2 is 2.05 bits per heavy atom. The van der Waals surface area contributed by atoms with E-state index in [9.17, 15) is 4.79 Å². The third-order valence-corrected chi connectivity index (χ3v) is 2.87. The predicted molar refractivity (Wildman–Crippen MR) is 79.0 cm³/mol. The zero-order valence-electron chi connectivity index (χ0n) is 11.7. The van der Waals surface area contributed by atoms with Gasteiger partial charge in [-0.3, -0.25) is 4.79 Å². The van der Waals surface area contributed by atoms with E-state index >= 15 is 0 Å². The maximum atomic E-state index is 11.9. The fourth-order valence-corrected chi connectivity index (χ4v) is 1.84. The fourth-order valence-electron chi connectivity index (χ4n) is 1.84. The molecule has 0 radical (unpaired) electrons. The van der Waals surface area contributed by atoms with Gasteiger partial charge in [-0.1, -0.05) is 18.2 Å². The lowest BCUT2D eigenvalue weighted by atomic mass is 10.1. The van der Waals surface area contributed by atoms with E-state index in [0.29, 0.717) is 11.5 Å². The molecule has 0 saturated heterocycles. The molecule has 0 aliphatic rings. The number of ketones is 1. The zero-order chi connectivity index (χ0) is 14.5. The standard InChI is InChI=1S/C15H18N4O/c1-11(2)19-15(17-10-18-19)9-14(20)8-5-12-3-6-13(16)7-4-12/h3-8,10-11H,9,16H2,1-2H3/b8-5+. The highest BCUT2D eigenvalue weighted by Gasteiger charge is 2.10. The van der Waals surface area contributed by atoms with E-state index in [-0.39, 0.29) is 18.2 Å². The van der Waals surface area contributed by atoms with E-state index in [0.717, 1.165) is 5.56 Å². The summed E-state index contributed by atoms with van der Waals surface area (Å²) >= 11 is 0. The maximum absolute atomic E-state index is 11.9. The number of hydrogen-bond acceptors (Lipinski definition) is 4. The summed E-state index contributed by atoms with van der Waals surface area (Å²) in [5.41, 5.74) is 7.26. The van der Waals surface area contributed by atoms with Crippen LogP contribution in [0.5, 0.6) is 0 Å². The molecule has 1 aromatic heterocycles. The number of rotatable bonds is 5. The van der Waals surface area contributed by atoms with Crippen molar-refractivity contribution >= 4 is 17.5 Å². The molecule has 0 fully saturated rings. The van der Waals surface area contributed by atoms with Crippen molar-refractivity contribution in [3.8, 4) is 0 Å². The number of anilines is 1. The second kappa shape index (κ2) is 6.14. The first kappa shape index (κ1) is 14.0. The molecule has 0 atom stereocenters. The van der Waals surface area contributed by atoms with E-state index < -0.39 is 0 Å². The minimum Gasteiger partial charge on any atom is -0.399 e. The summed E-state index contributed by atoms with van der Waals surface area (Å²) in [4.78, 5) is 16.1. The summed E-state index contributed by atoms with van der Waals surface area (Å²) < 4.78 is 1.76. The van der Waals surface area contributed by atoms with E-state index in [1.807, 2.05) is 26.0 Å². The number of benzene rings is 1. The molecule has 0 saturated carbocycles. The van der Waals surface area contributed by atoms with Crippen molar-refractivity contribution < 1.29 is 4.79 Å². The molecule has 2 N–H and O–H groups in total. The second-order valence-electron chi connectivity index (χ2n) is 4.86. The number of carbonyl (C=O) groups excluding carboxylic acids is 1. The van der Waals surface area contributed by atoms with Crippen LogP contribution in [0.3, 0.4) is 0 Å². The molecule has 1 heterocycles. The van der Waals surface area contributed by atoms with Gasteiger partial charge in [0.1, 0.15) is 12.2 Å². The van der Waals surface area contributed by atoms with Gasteiger partial charge in [-0.05, 0) is 37.6 Å². The van der Waals surface area contributed by atoms with Gasteiger partial charge in [0.25, 0.3) is 0 Å². The summed E-state index contributed by atoms with van der Waals surface area (Å²) in [6.07, 6.45) is 5.07. The van der Waals surface area contributed by atoms with Gasteiger partial charge in [-0.25, -0.2) is 9.67 Å². The van der Waals surface area contributed by atoms with Crippen molar-refractivity contribution in [1.82, 2.24) is 14.8 Å². The van der Waals surface area contributed by atoms with Crippen LogP contribution >= 0.6 is 0 Å². The summed E-state index contributed by atoms with van der Waals surface area (Å²) in [7, 11) is 0. The van der Waals surface area contributed by atoms with Crippen LogP contribution in [0.15, 0.2) is 36.7 Å². The third kappa shape index (κ3) is 3.54. The number of carbonyl (C=O) groups is 1. The van der Waals surface area contributed by atoms with Gasteiger partial charge in [0, 0.05) is 11.7 Å². The predicted octanol–water partition coefficient (Wildman–Crippen LogP) is 2.27. The molecule has 1 aromatic carbocycles. The number of aromatic nitrogens is 3. The average Bonchev–Trinajstić information content (AvgIpc) is 2.86. The molecule has 2 aromatic rings. The summed E-state index contributed by atoms with van der Waals surface area (Å²) in [5.74, 6) is 0.684. The molecule has 0 bridgehead atoms. The molecule has 0 amide bonds. The topological polar surface area (TPSA) is 73.8 Å². The van der Waals surface area contributed by atoms with Crippen molar-refractivity contribution in [3.63, 3.8) is 0 Å². The number of hydrogen-bond donors (Lipinski definition) is 1. The molecule has 5 nitrogen and oxygen atoms in total. The Morgan fingerprint density at radius 3 is 2.70 bits per heavy atom. The lowest BCUT2D eigenvalue weighted by molar-refractivity contribution is -0.114. The van der Waals surface area contributed by atoms with Crippen LogP contribution in [0.2, 0.25) is 0 Å². The van der Waals surface area contributed by atoms with Gasteiger partial charge >= 0.3 is 0 Å². The number of nitrogen functional groups attached to an aromatic ring is 1. The van der Waals surface area contributed by atoms with Gasteiger partial charge in [0.15, 0.2) is 5.78 Å². The first-order valence-electron chi connectivity index (χ1n) is 6.51. The molecule has 0 unspecified atom stereocenters. The highest BCUT2D eigenvalue weighted by molar-refractivity contribution is 5.94. The SMILES string of the molecule is CC(C)n1ncnc1CC(=O)/C=C/c1ccc(N)cc1. The lowest BCUT2D eigenvalue weighted by Crippen LogP contribution is -2.11. The van der Waals surface area contributed by atoms with Crippen LogP contribution in [0.1, 0.15) is 31.3 Å². The second-order valence-corrected chi connectivity index (χ2v) is 4.86. The van der Waals surface area contributed by atoms with Crippen molar-refractivity contribution in [3.05, 3.63) is 48.1 Å². The summed E-state index contributed by atoms with van der Waals surface area (Å²) in [6, 6.07) is 7.55. The first-order chi connectivity index (χ1) is 9.56. The molecule has 0 aliphatic heterocycles. The Labute approximate surface area is 118 Å². The van der Waals surface area contributed by atoms with Crippen LogP contribution in [0, 0.1) is 0 Å². The smallest absolute Gasteiger partial charge is 0.163 e. The Bertz CT molecular complexity index is 611. The lowest BCUT2D eigenvalue weighted by Gasteiger charge is -2.07. The molecule has 5 heteroatoms. The van der Waals surface area contributed by atoms with Gasteiger partial charge in [-0.15, -0.1) is 0 Å². The van der Waals surface area contributed by atoms with Crippen molar-refractivity contribution in [1.29, 1.82) is 0 Å². The average molecular weight is 270 g/mol.